The second-order valence-electron chi connectivity index (χ2n) is 5.45. The molecule has 1 unspecified atom stereocenters. The van der Waals surface area contributed by atoms with Crippen LogP contribution in [0.4, 0.5) is 5.69 Å². The first-order valence-electron chi connectivity index (χ1n) is 7.01. The van der Waals surface area contributed by atoms with Crippen molar-refractivity contribution in [1.29, 1.82) is 0 Å². The number of anilines is 1. The molecule has 0 spiro atoms. The summed E-state index contributed by atoms with van der Waals surface area (Å²) < 4.78 is 0. The Hall–Kier alpha value is -1.84. The molecular formula is C17H23N3. The molecule has 0 radical (unpaired) electrons. The maximum atomic E-state index is 6.02. The van der Waals surface area contributed by atoms with Crippen LogP contribution in [0, 0.1) is 0 Å². The van der Waals surface area contributed by atoms with Gasteiger partial charge in [-0.05, 0) is 35.1 Å². The molecule has 0 aromatic heterocycles. The number of hydrogen-bond acceptors (Lipinski definition) is 3. The van der Waals surface area contributed by atoms with Crippen molar-refractivity contribution in [3.63, 3.8) is 0 Å². The maximum absolute atomic E-state index is 6.02. The number of hydrazine groups is 1. The molecule has 1 atom stereocenters. The molecule has 20 heavy (non-hydrogen) atoms. The third kappa shape index (κ3) is 3.38. The summed E-state index contributed by atoms with van der Waals surface area (Å²) in [5.41, 5.74) is 13.3. The van der Waals surface area contributed by atoms with Crippen LogP contribution in [-0.4, -0.2) is 0 Å². The Labute approximate surface area is 121 Å². The summed E-state index contributed by atoms with van der Waals surface area (Å²) in [7, 11) is 0. The van der Waals surface area contributed by atoms with Gasteiger partial charge in [-0.3, -0.25) is 11.3 Å². The zero-order valence-corrected chi connectivity index (χ0v) is 12.1. The van der Waals surface area contributed by atoms with E-state index in [2.05, 4.69) is 43.5 Å². The first-order chi connectivity index (χ1) is 9.61. The van der Waals surface area contributed by atoms with E-state index in [0.29, 0.717) is 5.92 Å². The minimum atomic E-state index is 0.0288. The zero-order valence-electron chi connectivity index (χ0n) is 12.1. The van der Waals surface area contributed by atoms with E-state index in [9.17, 15) is 0 Å². The molecule has 0 aliphatic heterocycles. The Kier molecular flexibility index (Phi) is 4.77. The van der Waals surface area contributed by atoms with Crippen molar-refractivity contribution in [1.82, 2.24) is 5.43 Å². The van der Waals surface area contributed by atoms with Crippen LogP contribution in [0.15, 0.2) is 48.5 Å². The molecule has 0 amide bonds. The van der Waals surface area contributed by atoms with E-state index in [-0.39, 0.29) is 6.04 Å². The van der Waals surface area contributed by atoms with Gasteiger partial charge in [0.2, 0.25) is 0 Å². The Morgan fingerprint density at radius 3 is 2.20 bits per heavy atom. The van der Waals surface area contributed by atoms with Gasteiger partial charge in [0.25, 0.3) is 0 Å². The van der Waals surface area contributed by atoms with Gasteiger partial charge >= 0.3 is 0 Å². The number of nitrogens with one attached hydrogen (secondary N) is 1. The highest BCUT2D eigenvalue weighted by atomic mass is 15.2. The molecule has 0 saturated carbocycles. The van der Waals surface area contributed by atoms with Gasteiger partial charge in [-0.1, -0.05) is 56.3 Å². The number of nitrogens with two attached hydrogens (primary N) is 2. The van der Waals surface area contributed by atoms with Gasteiger partial charge in [0, 0.05) is 5.69 Å². The van der Waals surface area contributed by atoms with Crippen molar-refractivity contribution in [3.05, 3.63) is 65.2 Å². The average molecular weight is 269 g/mol. The van der Waals surface area contributed by atoms with Gasteiger partial charge in [0.05, 0.1) is 6.04 Å². The van der Waals surface area contributed by atoms with Gasteiger partial charge in [-0.15, -0.1) is 0 Å². The molecule has 106 valence electrons. The Morgan fingerprint density at radius 1 is 1.00 bits per heavy atom. The minimum absolute atomic E-state index is 0.0288. The molecule has 2 rings (SSSR count). The van der Waals surface area contributed by atoms with E-state index in [1.54, 1.807) is 0 Å². The lowest BCUT2D eigenvalue weighted by atomic mass is 9.95. The second-order valence-corrected chi connectivity index (χ2v) is 5.45. The van der Waals surface area contributed by atoms with Gasteiger partial charge in [0.1, 0.15) is 0 Å². The van der Waals surface area contributed by atoms with Gasteiger partial charge in [-0.2, -0.15) is 0 Å². The quantitative estimate of drug-likeness (QED) is 0.444. The first-order valence-corrected chi connectivity index (χ1v) is 7.01. The third-order valence-electron chi connectivity index (χ3n) is 3.66. The van der Waals surface area contributed by atoms with E-state index in [0.717, 1.165) is 17.7 Å². The van der Waals surface area contributed by atoms with Crippen LogP contribution < -0.4 is 17.0 Å². The fraction of sp³-hybridized carbons (Fsp3) is 0.294. The topological polar surface area (TPSA) is 64.1 Å². The lowest BCUT2D eigenvalue weighted by Crippen LogP contribution is -2.30. The van der Waals surface area contributed by atoms with Gasteiger partial charge < -0.3 is 5.73 Å². The highest BCUT2D eigenvalue weighted by molar-refractivity contribution is 5.48. The standard InChI is InChI=1S/C17H23N3/c1-12(2)14-9-7-13(8-10-14)11-17(20-19)15-5-3-4-6-16(15)18/h3-10,12,17,20H,11,18-19H2,1-2H3. The van der Waals surface area contributed by atoms with Crippen molar-refractivity contribution < 1.29 is 0 Å². The summed E-state index contributed by atoms with van der Waals surface area (Å²) in [6.07, 6.45) is 0.823. The van der Waals surface area contributed by atoms with E-state index in [1.165, 1.54) is 11.1 Å². The molecule has 2 aromatic rings. The summed E-state index contributed by atoms with van der Waals surface area (Å²) >= 11 is 0. The van der Waals surface area contributed by atoms with Gasteiger partial charge in [-0.25, -0.2) is 0 Å². The first kappa shape index (κ1) is 14.6. The lowest BCUT2D eigenvalue weighted by Gasteiger charge is -2.18. The number of hydrogen-bond donors (Lipinski definition) is 3. The molecule has 0 aliphatic carbocycles. The molecule has 3 heteroatoms. The van der Waals surface area contributed by atoms with Crippen LogP contribution in [0.2, 0.25) is 0 Å². The van der Waals surface area contributed by atoms with Crippen LogP contribution in [0.1, 0.15) is 42.5 Å². The normalized spacial score (nSPS) is 12.6. The summed E-state index contributed by atoms with van der Waals surface area (Å²) in [6.45, 7) is 4.40. The predicted octanol–water partition coefficient (Wildman–Crippen LogP) is 3.14. The van der Waals surface area contributed by atoms with Crippen LogP contribution in [0.25, 0.3) is 0 Å². The van der Waals surface area contributed by atoms with Gasteiger partial charge in [0.15, 0.2) is 0 Å². The molecule has 2 aromatic carbocycles. The summed E-state index contributed by atoms with van der Waals surface area (Å²) in [5, 5.41) is 0. The molecule has 0 fully saturated rings. The van der Waals surface area contributed by atoms with Crippen LogP contribution in [0.3, 0.4) is 0 Å². The van der Waals surface area contributed by atoms with Crippen molar-refractivity contribution in [2.45, 2.75) is 32.2 Å². The van der Waals surface area contributed by atoms with E-state index in [4.69, 9.17) is 11.6 Å². The average Bonchev–Trinajstić information content (AvgIpc) is 2.46. The number of para-hydroxylation sites is 1. The van der Waals surface area contributed by atoms with Crippen LogP contribution in [0.5, 0.6) is 0 Å². The third-order valence-corrected chi connectivity index (χ3v) is 3.66. The molecular weight excluding hydrogens is 246 g/mol. The van der Waals surface area contributed by atoms with Crippen molar-refractivity contribution >= 4 is 5.69 Å². The fourth-order valence-electron chi connectivity index (χ4n) is 2.36. The Morgan fingerprint density at radius 2 is 1.65 bits per heavy atom. The van der Waals surface area contributed by atoms with Crippen LogP contribution >= 0.6 is 0 Å². The molecule has 0 aliphatic rings. The number of rotatable bonds is 5. The van der Waals surface area contributed by atoms with Crippen molar-refractivity contribution in [2.24, 2.45) is 5.84 Å². The Bertz CT molecular complexity index is 546. The highest BCUT2D eigenvalue weighted by Gasteiger charge is 2.13. The number of nitrogen functional groups attached to an aromatic ring is 1. The largest absolute Gasteiger partial charge is 0.398 e. The van der Waals surface area contributed by atoms with Crippen molar-refractivity contribution in [3.8, 4) is 0 Å². The van der Waals surface area contributed by atoms with Crippen molar-refractivity contribution in [2.75, 3.05) is 5.73 Å². The molecule has 3 nitrogen and oxygen atoms in total. The molecule has 5 N–H and O–H groups in total. The SMILES string of the molecule is CC(C)c1ccc(CC(NN)c2ccccc2N)cc1. The summed E-state index contributed by atoms with van der Waals surface area (Å²) in [6, 6.07) is 16.6. The monoisotopic (exact) mass is 269 g/mol. The highest BCUT2D eigenvalue weighted by Crippen LogP contribution is 2.24. The molecule has 0 saturated heterocycles. The van der Waals surface area contributed by atoms with Crippen LogP contribution in [-0.2, 0) is 6.42 Å². The van der Waals surface area contributed by atoms with E-state index < -0.39 is 0 Å². The minimum Gasteiger partial charge on any atom is -0.398 e. The lowest BCUT2D eigenvalue weighted by molar-refractivity contribution is 0.553. The fourth-order valence-corrected chi connectivity index (χ4v) is 2.36. The van der Waals surface area contributed by atoms with E-state index in [1.807, 2.05) is 24.3 Å². The smallest absolute Gasteiger partial charge is 0.0520 e. The number of benzene rings is 2. The predicted molar refractivity (Wildman–Crippen MR) is 85.2 cm³/mol. The van der Waals surface area contributed by atoms with E-state index >= 15 is 0 Å². The summed E-state index contributed by atoms with van der Waals surface area (Å²) in [5.74, 6) is 6.25. The zero-order chi connectivity index (χ0) is 14.5. The maximum Gasteiger partial charge on any atom is 0.0520 e. The molecule has 0 heterocycles. The second kappa shape index (κ2) is 6.55. The molecule has 0 bridgehead atoms. The Balaban J connectivity index is 2.16. The summed E-state index contributed by atoms with van der Waals surface area (Å²) in [4.78, 5) is 0.